The van der Waals surface area contributed by atoms with Gasteiger partial charge in [-0.3, -0.25) is 14.7 Å². The Morgan fingerprint density at radius 2 is 1.83 bits per heavy atom. The molecule has 2 N–H and O–H groups in total. The number of benzene rings is 2. The van der Waals surface area contributed by atoms with Crippen molar-refractivity contribution in [2.24, 2.45) is 5.41 Å². The SMILES string of the molecule is C=CC(=O)Nc1cc2c(Nc3ccc(OCc4ccccn4)c(Cl)c3)ncnc2cc1OCCN1CC2(C1)CN(C(=O)OC(C)(C)C)C2. The predicted molar refractivity (Wildman–Crippen MR) is 184 cm³/mol. The van der Waals surface area contributed by atoms with Crippen molar-refractivity contribution in [3.8, 4) is 11.5 Å². The predicted octanol–water partition coefficient (Wildman–Crippen LogP) is 6.06. The van der Waals surface area contributed by atoms with Crippen LogP contribution < -0.4 is 20.1 Å². The minimum absolute atomic E-state index is 0.125. The van der Waals surface area contributed by atoms with Crippen LogP contribution in [0.5, 0.6) is 11.5 Å². The molecule has 2 aliphatic heterocycles. The van der Waals surface area contributed by atoms with Crippen molar-refractivity contribution in [1.82, 2.24) is 24.8 Å². The highest BCUT2D eigenvalue weighted by atomic mass is 35.5. The Hall–Kier alpha value is -4.94. The second-order valence-electron chi connectivity index (χ2n) is 13.1. The van der Waals surface area contributed by atoms with Gasteiger partial charge in [0.1, 0.15) is 42.5 Å². The Bertz CT molecular complexity index is 1820. The summed E-state index contributed by atoms with van der Waals surface area (Å²) in [7, 11) is 0. The zero-order valence-electron chi connectivity index (χ0n) is 27.2. The summed E-state index contributed by atoms with van der Waals surface area (Å²) in [5, 5.41) is 7.24. The first-order chi connectivity index (χ1) is 23.0. The molecule has 2 aliphatic rings. The van der Waals surface area contributed by atoms with Crippen molar-refractivity contribution in [2.45, 2.75) is 33.0 Å². The number of nitrogens with zero attached hydrogens (tertiary/aromatic N) is 5. The normalized spacial score (nSPS) is 15.3. The molecule has 13 heteroatoms. The van der Waals surface area contributed by atoms with Crippen molar-refractivity contribution >= 4 is 51.7 Å². The Balaban J connectivity index is 1.09. The molecule has 12 nitrogen and oxygen atoms in total. The molecule has 4 heterocycles. The lowest BCUT2D eigenvalue weighted by Crippen LogP contribution is -2.73. The van der Waals surface area contributed by atoms with Crippen LogP contribution in [-0.2, 0) is 16.1 Å². The van der Waals surface area contributed by atoms with Crippen molar-refractivity contribution < 1.29 is 23.8 Å². The number of aromatic nitrogens is 3. The second-order valence-corrected chi connectivity index (χ2v) is 13.5. The van der Waals surface area contributed by atoms with E-state index in [1.165, 1.54) is 12.4 Å². The van der Waals surface area contributed by atoms with E-state index in [0.717, 1.165) is 18.8 Å². The van der Waals surface area contributed by atoms with E-state index >= 15 is 0 Å². The number of amides is 2. The highest BCUT2D eigenvalue weighted by molar-refractivity contribution is 6.32. The Morgan fingerprint density at radius 3 is 2.54 bits per heavy atom. The van der Waals surface area contributed by atoms with Crippen LogP contribution >= 0.6 is 11.6 Å². The standard InChI is InChI=1S/C35H38ClN7O5/c1-5-31(44)41-28-15-25-27(16-30(28)46-13-12-42-18-35(19-42)20-43(21-35)33(45)48-34(2,3)4)38-22-39-32(25)40-23-9-10-29(26(36)14-23)47-17-24-8-6-7-11-37-24/h5-11,14-16,22H,1,12-13,17-21H2,2-4H3,(H,41,44)(H,38,39,40). The molecule has 2 amide bonds. The fourth-order valence-corrected chi connectivity index (χ4v) is 6.05. The van der Waals surface area contributed by atoms with Gasteiger partial charge in [-0.1, -0.05) is 24.2 Å². The average Bonchev–Trinajstić information content (AvgIpc) is 3.00. The molecule has 0 bridgehead atoms. The van der Waals surface area contributed by atoms with Gasteiger partial charge in [-0.05, 0) is 63.2 Å². The number of hydrogen-bond donors (Lipinski definition) is 2. The number of anilines is 3. The van der Waals surface area contributed by atoms with Gasteiger partial charge >= 0.3 is 6.09 Å². The third-order valence-corrected chi connectivity index (χ3v) is 8.26. The smallest absolute Gasteiger partial charge is 0.410 e. The molecule has 6 rings (SSSR count). The number of halogens is 1. The molecule has 250 valence electrons. The quantitative estimate of drug-likeness (QED) is 0.182. The lowest BCUT2D eigenvalue weighted by Gasteiger charge is -2.59. The largest absolute Gasteiger partial charge is 0.490 e. The number of pyridine rings is 1. The summed E-state index contributed by atoms with van der Waals surface area (Å²) in [5.74, 6) is 1.16. The molecule has 0 aliphatic carbocycles. The number of ether oxygens (including phenoxy) is 3. The maximum absolute atomic E-state index is 12.4. The van der Waals surface area contributed by atoms with E-state index in [-0.39, 0.29) is 17.4 Å². The summed E-state index contributed by atoms with van der Waals surface area (Å²) in [4.78, 5) is 41.9. The van der Waals surface area contributed by atoms with E-state index in [1.807, 2.05) is 45.0 Å². The fourth-order valence-electron chi connectivity index (χ4n) is 5.82. The Labute approximate surface area is 284 Å². The molecule has 0 saturated carbocycles. The molecule has 2 fully saturated rings. The molecule has 0 unspecified atom stereocenters. The molecule has 4 aromatic rings. The lowest BCUT2D eigenvalue weighted by atomic mass is 9.73. The zero-order valence-corrected chi connectivity index (χ0v) is 27.9. The molecule has 0 radical (unpaired) electrons. The first-order valence-corrected chi connectivity index (χ1v) is 16.0. The highest BCUT2D eigenvalue weighted by Gasteiger charge is 2.53. The highest BCUT2D eigenvalue weighted by Crippen LogP contribution is 2.40. The maximum atomic E-state index is 12.4. The number of fused-ring (bicyclic) bond motifs is 1. The summed E-state index contributed by atoms with van der Waals surface area (Å²) in [6, 6.07) is 14.6. The molecular formula is C35H38ClN7O5. The molecule has 2 saturated heterocycles. The van der Waals surface area contributed by atoms with Gasteiger partial charge in [0, 0.05) is 61.5 Å². The first kappa shape index (κ1) is 33.0. The lowest BCUT2D eigenvalue weighted by molar-refractivity contribution is -0.114. The fraction of sp³-hybridized carbons (Fsp3) is 0.343. The molecule has 2 aromatic heterocycles. The number of likely N-dealkylation sites (tertiary alicyclic amines) is 2. The van der Waals surface area contributed by atoms with E-state index in [9.17, 15) is 9.59 Å². The van der Waals surface area contributed by atoms with Gasteiger partial charge in [-0.25, -0.2) is 14.8 Å². The molecule has 48 heavy (non-hydrogen) atoms. The second kappa shape index (κ2) is 13.7. The number of nitrogens with one attached hydrogen (secondary N) is 2. The molecule has 2 aromatic carbocycles. The van der Waals surface area contributed by atoms with Gasteiger partial charge in [0.15, 0.2) is 0 Å². The van der Waals surface area contributed by atoms with Crippen LogP contribution in [0.3, 0.4) is 0 Å². The molecule has 0 atom stereocenters. The third-order valence-electron chi connectivity index (χ3n) is 7.96. The van der Waals surface area contributed by atoms with Crippen LogP contribution in [-0.4, -0.2) is 81.7 Å². The maximum Gasteiger partial charge on any atom is 0.410 e. The summed E-state index contributed by atoms with van der Waals surface area (Å²) in [6.07, 6.45) is 4.11. The summed E-state index contributed by atoms with van der Waals surface area (Å²) in [5.41, 5.74) is 2.20. The average molecular weight is 672 g/mol. The van der Waals surface area contributed by atoms with Crippen LogP contribution in [0.4, 0.5) is 22.0 Å². The molecule has 1 spiro atoms. The topological polar surface area (TPSA) is 131 Å². The number of rotatable bonds is 11. The summed E-state index contributed by atoms with van der Waals surface area (Å²) < 4.78 is 17.5. The first-order valence-electron chi connectivity index (χ1n) is 15.6. The van der Waals surface area contributed by atoms with Crippen molar-refractivity contribution in [3.63, 3.8) is 0 Å². The van der Waals surface area contributed by atoms with Crippen LogP contribution in [0.15, 0.2) is 73.7 Å². The number of hydrogen-bond acceptors (Lipinski definition) is 10. The number of carbonyl (C=O) groups is 2. The van der Waals surface area contributed by atoms with E-state index in [2.05, 4.69) is 37.1 Å². The van der Waals surface area contributed by atoms with Crippen LogP contribution in [0.1, 0.15) is 26.5 Å². The summed E-state index contributed by atoms with van der Waals surface area (Å²) in [6.45, 7) is 13.8. The van der Waals surface area contributed by atoms with Crippen LogP contribution in [0.25, 0.3) is 10.9 Å². The van der Waals surface area contributed by atoms with Crippen LogP contribution in [0, 0.1) is 5.41 Å². The van der Waals surface area contributed by atoms with Crippen molar-refractivity contribution in [2.75, 3.05) is 50.0 Å². The Kier molecular flexibility index (Phi) is 9.38. The van der Waals surface area contributed by atoms with Crippen LogP contribution in [0.2, 0.25) is 5.02 Å². The summed E-state index contributed by atoms with van der Waals surface area (Å²) >= 11 is 6.54. The minimum atomic E-state index is -0.503. The van der Waals surface area contributed by atoms with E-state index in [1.54, 1.807) is 35.4 Å². The van der Waals surface area contributed by atoms with Gasteiger partial charge in [0.25, 0.3) is 0 Å². The van der Waals surface area contributed by atoms with Gasteiger partial charge in [0.2, 0.25) is 5.91 Å². The van der Waals surface area contributed by atoms with Crippen molar-refractivity contribution in [1.29, 1.82) is 0 Å². The Morgan fingerprint density at radius 1 is 1.02 bits per heavy atom. The third kappa shape index (κ3) is 7.77. The van der Waals surface area contributed by atoms with Crippen molar-refractivity contribution in [3.05, 3.63) is 84.4 Å². The van der Waals surface area contributed by atoms with Gasteiger partial charge in [-0.15, -0.1) is 0 Å². The van der Waals surface area contributed by atoms with E-state index < -0.39 is 5.60 Å². The van der Waals surface area contributed by atoms with Gasteiger partial charge in [-0.2, -0.15) is 0 Å². The minimum Gasteiger partial charge on any atom is -0.490 e. The number of carbonyl (C=O) groups excluding carboxylic acids is 2. The molecular weight excluding hydrogens is 634 g/mol. The monoisotopic (exact) mass is 671 g/mol. The van der Waals surface area contributed by atoms with E-state index in [4.69, 9.17) is 25.8 Å². The van der Waals surface area contributed by atoms with Gasteiger partial charge in [0.05, 0.1) is 21.9 Å². The zero-order chi connectivity index (χ0) is 33.9. The van der Waals surface area contributed by atoms with E-state index in [0.29, 0.717) is 77.5 Å². The van der Waals surface area contributed by atoms with Gasteiger partial charge < -0.3 is 29.7 Å².